The van der Waals surface area contributed by atoms with Crippen LogP contribution in [0.4, 0.5) is 4.79 Å². The van der Waals surface area contributed by atoms with E-state index in [0.717, 1.165) is 6.04 Å². The van der Waals surface area contributed by atoms with E-state index in [1.807, 2.05) is 0 Å². The lowest BCUT2D eigenvalue weighted by atomic mass is 10.3. The molecule has 5 nitrogen and oxygen atoms in total. The summed E-state index contributed by atoms with van der Waals surface area (Å²) in [6.07, 6.45) is -0.695. The molecule has 7 heteroatoms. The molecule has 0 spiro atoms. The summed E-state index contributed by atoms with van der Waals surface area (Å²) in [4.78, 5) is 21.8. The van der Waals surface area contributed by atoms with Crippen LogP contribution in [0.1, 0.15) is 0 Å². The molecule has 0 saturated heterocycles. The average Bonchev–Trinajstić information content (AvgIpc) is 2.11. The van der Waals surface area contributed by atoms with E-state index < -0.39 is 26.2 Å². The number of aliphatic carboxylic acids is 1. The number of alkyl carbamates (subject to hydrolysis) is 1. The Labute approximate surface area is 102 Å². The van der Waals surface area contributed by atoms with Gasteiger partial charge in [0.2, 0.25) is 0 Å². The lowest BCUT2D eigenvalue weighted by molar-refractivity contribution is -0.138. The van der Waals surface area contributed by atoms with E-state index in [0.29, 0.717) is 6.61 Å². The number of nitrogens with one attached hydrogen (secondary N) is 1. The first-order valence-corrected chi connectivity index (χ1v) is 9.37. The van der Waals surface area contributed by atoms with E-state index >= 15 is 0 Å². The zero-order valence-electron chi connectivity index (χ0n) is 9.82. The molecule has 0 unspecified atom stereocenters. The van der Waals surface area contributed by atoms with Gasteiger partial charge in [-0.05, 0) is 6.04 Å². The number of thiol groups is 1. The normalized spacial score (nSPS) is 13.0. The highest BCUT2D eigenvalue weighted by atomic mass is 32.1. The van der Waals surface area contributed by atoms with Crippen LogP contribution in [-0.4, -0.2) is 43.6 Å². The molecule has 0 radical (unpaired) electrons. The summed E-state index contributed by atoms with van der Waals surface area (Å²) >= 11 is 3.82. The largest absolute Gasteiger partial charge is 0.480 e. The molecule has 0 rings (SSSR count). The quantitative estimate of drug-likeness (QED) is 0.502. The number of amides is 1. The van der Waals surface area contributed by atoms with Crippen molar-refractivity contribution in [2.24, 2.45) is 0 Å². The van der Waals surface area contributed by atoms with Gasteiger partial charge in [0.1, 0.15) is 6.04 Å². The second-order valence-corrected chi connectivity index (χ2v) is 10.7. The summed E-state index contributed by atoms with van der Waals surface area (Å²) in [6.45, 7) is 6.84. The van der Waals surface area contributed by atoms with Crippen LogP contribution >= 0.6 is 12.6 Å². The molecule has 0 fully saturated rings. The summed E-state index contributed by atoms with van der Waals surface area (Å²) in [5.41, 5.74) is 0. The molecule has 0 aliphatic heterocycles. The van der Waals surface area contributed by atoms with Crippen molar-refractivity contribution < 1.29 is 19.4 Å². The first kappa shape index (κ1) is 15.3. The Morgan fingerprint density at radius 1 is 1.44 bits per heavy atom. The number of carbonyl (C=O) groups is 2. The van der Waals surface area contributed by atoms with Crippen LogP contribution in [-0.2, 0) is 9.53 Å². The third-order valence-electron chi connectivity index (χ3n) is 1.86. The first-order chi connectivity index (χ1) is 7.26. The molecule has 0 aromatic rings. The number of hydrogen-bond donors (Lipinski definition) is 3. The van der Waals surface area contributed by atoms with Crippen LogP contribution in [0.3, 0.4) is 0 Å². The maximum atomic E-state index is 11.2. The van der Waals surface area contributed by atoms with Crippen LogP contribution in [0.2, 0.25) is 25.7 Å². The second-order valence-electron chi connectivity index (χ2n) is 4.66. The Morgan fingerprint density at radius 2 is 2.00 bits per heavy atom. The molecule has 0 bridgehead atoms. The van der Waals surface area contributed by atoms with Crippen molar-refractivity contribution in [1.29, 1.82) is 0 Å². The van der Waals surface area contributed by atoms with Crippen LogP contribution < -0.4 is 5.32 Å². The zero-order valence-corrected chi connectivity index (χ0v) is 11.7. The molecule has 0 aromatic heterocycles. The van der Waals surface area contributed by atoms with Crippen molar-refractivity contribution >= 4 is 32.8 Å². The third kappa shape index (κ3) is 7.58. The van der Waals surface area contributed by atoms with Crippen molar-refractivity contribution in [1.82, 2.24) is 5.32 Å². The van der Waals surface area contributed by atoms with Crippen molar-refractivity contribution in [2.45, 2.75) is 31.7 Å². The van der Waals surface area contributed by atoms with Gasteiger partial charge in [0.25, 0.3) is 0 Å². The summed E-state index contributed by atoms with van der Waals surface area (Å²) < 4.78 is 4.89. The summed E-state index contributed by atoms with van der Waals surface area (Å²) in [6, 6.07) is -0.137. The van der Waals surface area contributed by atoms with E-state index in [2.05, 4.69) is 37.6 Å². The molecule has 0 saturated carbocycles. The first-order valence-electron chi connectivity index (χ1n) is 5.03. The Bertz CT molecular complexity index is 254. The van der Waals surface area contributed by atoms with E-state index in [4.69, 9.17) is 9.84 Å². The molecule has 94 valence electrons. The van der Waals surface area contributed by atoms with Gasteiger partial charge in [-0.3, -0.25) is 0 Å². The summed E-state index contributed by atoms with van der Waals surface area (Å²) in [5, 5.41) is 10.9. The van der Waals surface area contributed by atoms with Crippen molar-refractivity contribution in [2.75, 3.05) is 12.4 Å². The van der Waals surface area contributed by atoms with Crippen LogP contribution in [0.5, 0.6) is 0 Å². The molecule has 16 heavy (non-hydrogen) atoms. The predicted octanol–water partition coefficient (Wildman–Crippen LogP) is 1.43. The topological polar surface area (TPSA) is 75.6 Å². The minimum absolute atomic E-state index is 0.0401. The van der Waals surface area contributed by atoms with Crippen LogP contribution in [0.25, 0.3) is 0 Å². The summed E-state index contributed by atoms with van der Waals surface area (Å²) in [7, 11) is -1.23. The fourth-order valence-corrected chi connectivity index (χ4v) is 1.78. The Hall–Kier alpha value is -0.693. The van der Waals surface area contributed by atoms with Crippen molar-refractivity contribution in [3.05, 3.63) is 0 Å². The third-order valence-corrected chi connectivity index (χ3v) is 3.93. The standard InChI is InChI=1S/C9H19NO4SSi/c1-16(2,3)5-4-14-9(13)10-7(6-15)8(11)12/h7,15H,4-6H2,1-3H3,(H,10,13)(H,11,12)/t7-/m0/s1. The minimum atomic E-state index is -1.23. The number of hydrogen-bond acceptors (Lipinski definition) is 4. The molecule has 1 atom stereocenters. The number of carbonyl (C=O) groups excluding carboxylic acids is 1. The van der Waals surface area contributed by atoms with Crippen molar-refractivity contribution in [3.63, 3.8) is 0 Å². The minimum Gasteiger partial charge on any atom is -0.480 e. The molecule has 1 amide bonds. The molecule has 2 N–H and O–H groups in total. The highest BCUT2D eigenvalue weighted by Gasteiger charge is 2.19. The van der Waals surface area contributed by atoms with Gasteiger partial charge in [0.15, 0.2) is 0 Å². The molecule has 0 aliphatic carbocycles. The Balaban J connectivity index is 3.86. The fourth-order valence-electron chi connectivity index (χ4n) is 0.819. The lowest BCUT2D eigenvalue weighted by Crippen LogP contribution is -2.42. The second kappa shape index (κ2) is 6.80. The SMILES string of the molecule is C[Si](C)(C)CCOC(=O)N[C@@H](CS)C(=O)O. The van der Waals surface area contributed by atoms with Crippen molar-refractivity contribution in [3.8, 4) is 0 Å². The maximum absolute atomic E-state index is 11.2. The van der Waals surface area contributed by atoms with Gasteiger partial charge >= 0.3 is 12.1 Å². The average molecular weight is 265 g/mol. The fraction of sp³-hybridized carbons (Fsp3) is 0.778. The van der Waals surface area contributed by atoms with Crippen LogP contribution in [0.15, 0.2) is 0 Å². The molecule has 0 heterocycles. The number of rotatable bonds is 6. The number of carboxylic acids is 1. The van der Waals surface area contributed by atoms with Gasteiger partial charge in [0.05, 0.1) is 6.61 Å². The highest BCUT2D eigenvalue weighted by molar-refractivity contribution is 7.80. The Kier molecular flexibility index (Phi) is 6.50. The van der Waals surface area contributed by atoms with Gasteiger partial charge in [-0.25, -0.2) is 9.59 Å². The van der Waals surface area contributed by atoms with Gasteiger partial charge < -0.3 is 15.2 Å². The number of ether oxygens (including phenoxy) is 1. The van der Waals surface area contributed by atoms with Crippen LogP contribution in [0, 0.1) is 0 Å². The van der Waals surface area contributed by atoms with Gasteiger partial charge in [0, 0.05) is 13.8 Å². The molecule has 0 aromatic carbocycles. The van der Waals surface area contributed by atoms with E-state index in [1.165, 1.54) is 0 Å². The molecular weight excluding hydrogens is 246 g/mol. The van der Waals surface area contributed by atoms with E-state index in [1.54, 1.807) is 0 Å². The maximum Gasteiger partial charge on any atom is 0.407 e. The van der Waals surface area contributed by atoms with Gasteiger partial charge in [-0.2, -0.15) is 12.6 Å². The lowest BCUT2D eigenvalue weighted by Gasteiger charge is -2.16. The van der Waals surface area contributed by atoms with E-state index in [9.17, 15) is 9.59 Å². The van der Waals surface area contributed by atoms with Gasteiger partial charge in [-0.15, -0.1) is 0 Å². The number of carboxylic acid groups (broad SMARTS) is 1. The highest BCUT2D eigenvalue weighted by Crippen LogP contribution is 2.07. The van der Waals surface area contributed by atoms with Gasteiger partial charge in [-0.1, -0.05) is 19.6 Å². The Morgan fingerprint density at radius 3 is 2.38 bits per heavy atom. The monoisotopic (exact) mass is 265 g/mol. The molecular formula is C9H19NO4SSi. The van der Waals surface area contributed by atoms with E-state index in [-0.39, 0.29) is 5.75 Å². The predicted molar refractivity (Wildman–Crippen MR) is 67.9 cm³/mol. The smallest absolute Gasteiger partial charge is 0.407 e. The summed E-state index contributed by atoms with van der Waals surface area (Å²) in [5.74, 6) is -1.07. The zero-order chi connectivity index (χ0) is 12.8. The molecule has 0 aliphatic rings.